The number of fused-ring (bicyclic) bond motifs is 10. The van der Waals surface area contributed by atoms with Crippen molar-refractivity contribution in [1.29, 1.82) is 0 Å². The molecule has 0 aliphatic carbocycles. The predicted octanol–water partition coefficient (Wildman–Crippen LogP) is 13.9. The van der Waals surface area contributed by atoms with Crippen molar-refractivity contribution in [2.75, 3.05) is 0 Å². The van der Waals surface area contributed by atoms with Gasteiger partial charge < -0.3 is 8.83 Å². The minimum atomic E-state index is 0.793. The van der Waals surface area contributed by atoms with E-state index in [2.05, 4.69) is 158 Å². The van der Waals surface area contributed by atoms with Crippen LogP contribution >= 0.6 is 0 Å². The summed E-state index contributed by atoms with van der Waals surface area (Å²) in [6, 6.07) is 61.0. The van der Waals surface area contributed by atoms with Crippen molar-refractivity contribution in [1.82, 2.24) is 0 Å². The molecule has 9 aromatic carbocycles. The summed E-state index contributed by atoms with van der Waals surface area (Å²) in [5.74, 6) is 0. The third-order valence-corrected chi connectivity index (χ3v) is 10.5. The Labute approximate surface area is 287 Å². The van der Waals surface area contributed by atoms with Gasteiger partial charge in [-0.05, 0) is 96.0 Å². The Morgan fingerprint density at radius 3 is 1.40 bits per heavy atom. The Morgan fingerprint density at radius 2 is 0.740 bits per heavy atom. The molecule has 11 aromatic rings. The molecular weight excluding hydrogens is 609 g/mol. The SMILES string of the molecule is c1ccc(-c2ccc(-c3c4ccccc4c(-c4ccc5oc6c(ccc7c8ccccc8oc76)c5c4)c4ccccc34)c3ccccc23)cc1. The summed E-state index contributed by atoms with van der Waals surface area (Å²) in [7, 11) is 0. The van der Waals surface area contributed by atoms with Crippen LogP contribution in [0.2, 0.25) is 0 Å². The molecule has 0 aliphatic rings. The molecule has 2 nitrogen and oxygen atoms in total. The summed E-state index contributed by atoms with van der Waals surface area (Å²) in [6.45, 7) is 0. The van der Waals surface area contributed by atoms with Crippen LogP contribution in [0.3, 0.4) is 0 Å². The minimum Gasteiger partial charge on any atom is -0.452 e. The first-order valence-electron chi connectivity index (χ1n) is 17.1. The van der Waals surface area contributed by atoms with Gasteiger partial charge in [0.15, 0.2) is 11.2 Å². The zero-order valence-electron chi connectivity index (χ0n) is 27.0. The number of hydrogen-bond donors (Lipinski definition) is 0. The van der Waals surface area contributed by atoms with Crippen molar-refractivity contribution in [3.05, 3.63) is 170 Å². The number of para-hydroxylation sites is 1. The molecule has 0 amide bonds. The first kappa shape index (κ1) is 27.3. The molecule has 0 aliphatic heterocycles. The van der Waals surface area contributed by atoms with Crippen LogP contribution in [0.15, 0.2) is 179 Å². The van der Waals surface area contributed by atoms with E-state index in [-0.39, 0.29) is 0 Å². The maximum atomic E-state index is 6.53. The molecule has 2 heterocycles. The Kier molecular flexibility index (Phi) is 5.70. The molecule has 0 spiro atoms. The van der Waals surface area contributed by atoms with Crippen LogP contribution in [0.5, 0.6) is 0 Å². The number of furan rings is 2. The number of hydrogen-bond acceptors (Lipinski definition) is 2. The van der Waals surface area contributed by atoms with Gasteiger partial charge in [0.05, 0.1) is 0 Å². The van der Waals surface area contributed by atoms with E-state index in [9.17, 15) is 0 Å². The van der Waals surface area contributed by atoms with Gasteiger partial charge >= 0.3 is 0 Å². The van der Waals surface area contributed by atoms with Crippen molar-refractivity contribution >= 4 is 76.2 Å². The van der Waals surface area contributed by atoms with Crippen molar-refractivity contribution in [2.45, 2.75) is 0 Å². The molecule has 50 heavy (non-hydrogen) atoms. The van der Waals surface area contributed by atoms with E-state index in [4.69, 9.17) is 8.83 Å². The summed E-state index contributed by atoms with van der Waals surface area (Å²) in [4.78, 5) is 0. The summed E-state index contributed by atoms with van der Waals surface area (Å²) in [5, 5.41) is 11.7. The third kappa shape index (κ3) is 3.85. The van der Waals surface area contributed by atoms with Gasteiger partial charge in [0.2, 0.25) is 0 Å². The molecule has 0 radical (unpaired) electrons. The molecule has 2 aromatic heterocycles. The molecule has 0 N–H and O–H groups in total. The highest BCUT2D eigenvalue weighted by molar-refractivity contribution is 6.25. The van der Waals surface area contributed by atoms with E-state index in [1.165, 1.54) is 60.1 Å². The molecule has 0 unspecified atom stereocenters. The summed E-state index contributed by atoms with van der Waals surface area (Å²) in [6.07, 6.45) is 0. The molecule has 0 saturated heterocycles. The van der Waals surface area contributed by atoms with E-state index in [1.54, 1.807) is 0 Å². The van der Waals surface area contributed by atoms with E-state index in [0.717, 1.165) is 49.4 Å². The van der Waals surface area contributed by atoms with Crippen LogP contribution in [0.1, 0.15) is 0 Å². The average Bonchev–Trinajstić information content (AvgIpc) is 3.75. The highest BCUT2D eigenvalue weighted by atomic mass is 16.4. The highest BCUT2D eigenvalue weighted by Crippen LogP contribution is 2.47. The lowest BCUT2D eigenvalue weighted by Crippen LogP contribution is -1.92. The fraction of sp³-hybridized carbons (Fsp3) is 0. The molecule has 11 rings (SSSR count). The van der Waals surface area contributed by atoms with Crippen molar-refractivity contribution < 1.29 is 8.83 Å². The number of benzene rings is 9. The van der Waals surface area contributed by atoms with Gasteiger partial charge in [-0.25, -0.2) is 0 Å². The third-order valence-electron chi connectivity index (χ3n) is 10.5. The van der Waals surface area contributed by atoms with Crippen LogP contribution in [-0.2, 0) is 0 Å². The van der Waals surface area contributed by atoms with E-state index >= 15 is 0 Å². The maximum absolute atomic E-state index is 6.53. The Bertz CT molecular complexity index is 3080. The second-order valence-corrected chi connectivity index (χ2v) is 13.1. The molecule has 0 fully saturated rings. The standard InChI is InChI=1S/C48H28O2/c1-2-12-29(13-3-1)31-23-24-39(33-15-5-4-14-32(31)33)46-37-19-8-6-17-35(37)45(36-18-7-9-20-38(36)46)30-22-27-44-42(28-30)41-26-25-40-34-16-10-11-21-43(34)49-47(40)48(41)50-44/h1-28H. The van der Waals surface area contributed by atoms with E-state index in [1.807, 2.05) is 12.1 Å². The normalized spacial score (nSPS) is 12.0. The Morgan fingerprint density at radius 1 is 0.260 bits per heavy atom. The fourth-order valence-electron chi connectivity index (χ4n) is 8.29. The van der Waals surface area contributed by atoms with Crippen molar-refractivity contribution in [3.8, 4) is 33.4 Å². The van der Waals surface area contributed by atoms with Crippen molar-refractivity contribution in [2.24, 2.45) is 0 Å². The quantitative estimate of drug-likeness (QED) is 0.180. The number of rotatable bonds is 3. The second kappa shape index (κ2) is 10.4. The first-order valence-corrected chi connectivity index (χ1v) is 17.1. The summed E-state index contributed by atoms with van der Waals surface area (Å²) in [5.41, 5.74) is 10.7. The van der Waals surface area contributed by atoms with Crippen molar-refractivity contribution in [3.63, 3.8) is 0 Å². The Balaban J connectivity index is 1.18. The van der Waals surface area contributed by atoms with E-state index < -0.39 is 0 Å². The molecule has 0 bridgehead atoms. The lowest BCUT2D eigenvalue weighted by atomic mass is 9.83. The second-order valence-electron chi connectivity index (χ2n) is 13.1. The maximum Gasteiger partial charge on any atom is 0.178 e. The zero-order valence-corrected chi connectivity index (χ0v) is 27.0. The van der Waals surface area contributed by atoms with Gasteiger partial charge in [0.25, 0.3) is 0 Å². The topological polar surface area (TPSA) is 26.3 Å². The van der Waals surface area contributed by atoms with Gasteiger partial charge in [-0.15, -0.1) is 0 Å². The van der Waals surface area contributed by atoms with Gasteiger partial charge in [0, 0.05) is 21.5 Å². The van der Waals surface area contributed by atoms with Gasteiger partial charge in [-0.3, -0.25) is 0 Å². The smallest absolute Gasteiger partial charge is 0.178 e. The summed E-state index contributed by atoms with van der Waals surface area (Å²) >= 11 is 0. The molecule has 232 valence electrons. The zero-order chi connectivity index (χ0) is 32.8. The molecule has 0 saturated carbocycles. The minimum absolute atomic E-state index is 0.793. The van der Waals surface area contributed by atoms with E-state index in [0.29, 0.717) is 0 Å². The van der Waals surface area contributed by atoms with Crippen LogP contribution in [0.4, 0.5) is 0 Å². The van der Waals surface area contributed by atoms with Crippen LogP contribution < -0.4 is 0 Å². The molecule has 2 heteroatoms. The average molecular weight is 637 g/mol. The highest BCUT2D eigenvalue weighted by Gasteiger charge is 2.21. The monoisotopic (exact) mass is 636 g/mol. The predicted molar refractivity (Wildman–Crippen MR) is 210 cm³/mol. The van der Waals surface area contributed by atoms with Gasteiger partial charge in [-0.1, -0.05) is 140 Å². The largest absolute Gasteiger partial charge is 0.452 e. The lowest BCUT2D eigenvalue weighted by molar-refractivity contribution is 0.633. The molecular formula is C48H28O2. The van der Waals surface area contributed by atoms with Crippen LogP contribution in [0, 0.1) is 0 Å². The van der Waals surface area contributed by atoms with Gasteiger partial charge in [-0.2, -0.15) is 0 Å². The lowest BCUT2D eigenvalue weighted by Gasteiger charge is -2.19. The fourth-order valence-corrected chi connectivity index (χ4v) is 8.29. The Hall–Kier alpha value is -6.64. The first-order chi connectivity index (χ1) is 24.8. The van der Waals surface area contributed by atoms with Gasteiger partial charge in [0.1, 0.15) is 11.2 Å². The van der Waals surface area contributed by atoms with Crippen LogP contribution in [0.25, 0.3) is 110 Å². The molecule has 0 atom stereocenters. The van der Waals surface area contributed by atoms with Crippen LogP contribution in [-0.4, -0.2) is 0 Å². The summed E-state index contributed by atoms with van der Waals surface area (Å²) < 4.78 is 12.9.